The minimum Gasteiger partial charge on any atom is -0.207 e. The number of benzene rings is 2. The molecule has 0 saturated heterocycles. The maximum Gasteiger partial charge on any atom is 0.124 e. The number of hydrogen-bond donors (Lipinski definition) is 0. The van der Waals surface area contributed by atoms with Crippen LogP contribution < -0.4 is 0 Å². The molecule has 0 nitrogen and oxygen atoms in total. The molecule has 0 amide bonds. The first-order valence-electron chi connectivity index (χ1n) is 4.38. The Morgan fingerprint density at radius 1 is 0.800 bits per heavy atom. The van der Waals surface area contributed by atoms with Crippen LogP contribution in [0.2, 0.25) is 0 Å². The van der Waals surface area contributed by atoms with E-state index in [1.54, 1.807) is 18.2 Å². The minimum atomic E-state index is -0.268. The molecular weight excluding hydrogens is 309 g/mol. The van der Waals surface area contributed by atoms with E-state index in [2.05, 4.69) is 22.6 Å². The zero-order valence-electron chi connectivity index (χ0n) is 7.68. The Kier molecular flexibility index (Phi) is 3.00. The van der Waals surface area contributed by atoms with Crippen molar-refractivity contribution in [3.63, 3.8) is 0 Å². The van der Waals surface area contributed by atoms with Crippen molar-refractivity contribution in [3.8, 4) is 11.1 Å². The first-order valence-corrected chi connectivity index (χ1v) is 5.46. The Labute approximate surface area is 100 Å². The first kappa shape index (κ1) is 10.5. The molecule has 2 aromatic rings. The monoisotopic (exact) mass is 316 g/mol. The van der Waals surface area contributed by atoms with Crippen molar-refractivity contribution >= 4 is 22.6 Å². The van der Waals surface area contributed by atoms with Crippen molar-refractivity contribution in [3.05, 3.63) is 57.7 Å². The van der Waals surface area contributed by atoms with Crippen LogP contribution in [0.1, 0.15) is 0 Å². The van der Waals surface area contributed by atoms with Gasteiger partial charge >= 0.3 is 0 Å². The van der Waals surface area contributed by atoms with E-state index < -0.39 is 0 Å². The average molecular weight is 316 g/mol. The summed E-state index contributed by atoms with van der Waals surface area (Å²) < 4.78 is 26.4. The summed E-state index contributed by atoms with van der Waals surface area (Å²) in [5.41, 5.74) is 1.80. The van der Waals surface area contributed by atoms with Gasteiger partial charge in [-0.1, -0.05) is 18.2 Å². The topological polar surface area (TPSA) is 0 Å². The smallest absolute Gasteiger partial charge is 0.124 e. The van der Waals surface area contributed by atoms with Crippen molar-refractivity contribution in [1.82, 2.24) is 0 Å². The highest BCUT2D eigenvalue weighted by Gasteiger charge is 2.03. The number of hydrogen-bond acceptors (Lipinski definition) is 0. The Hall–Kier alpha value is -0.970. The third kappa shape index (κ3) is 2.34. The molecule has 3 heteroatoms. The largest absolute Gasteiger partial charge is 0.207 e. The fourth-order valence-electron chi connectivity index (χ4n) is 1.35. The van der Waals surface area contributed by atoms with Crippen LogP contribution in [-0.4, -0.2) is 0 Å². The molecule has 0 radical (unpaired) electrons. The SMILES string of the molecule is Fc1ccc(-c2ccc(F)cc2I)cc1. The summed E-state index contributed by atoms with van der Waals surface area (Å²) in [6, 6.07) is 10.7. The van der Waals surface area contributed by atoms with Crippen LogP contribution in [-0.2, 0) is 0 Å². The molecule has 0 unspecified atom stereocenters. The molecule has 2 aromatic carbocycles. The van der Waals surface area contributed by atoms with Gasteiger partial charge in [-0.05, 0) is 58.0 Å². The molecule has 0 aliphatic rings. The number of halogens is 3. The Morgan fingerprint density at radius 2 is 1.40 bits per heavy atom. The molecule has 0 aromatic heterocycles. The third-order valence-electron chi connectivity index (χ3n) is 2.09. The van der Waals surface area contributed by atoms with Crippen molar-refractivity contribution in [2.75, 3.05) is 0 Å². The summed E-state index contributed by atoms with van der Waals surface area (Å²) in [7, 11) is 0. The molecule has 0 aliphatic carbocycles. The predicted octanol–water partition coefficient (Wildman–Crippen LogP) is 4.24. The summed E-state index contributed by atoms with van der Waals surface area (Å²) in [6.07, 6.45) is 0. The highest BCUT2D eigenvalue weighted by molar-refractivity contribution is 14.1. The van der Waals surface area contributed by atoms with E-state index in [1.165, 1.54) is 24.3 Å². The van der Waals surface area contributed by atoms with E-state index in [0.717, 1.165) is 14.7 Å². The molecule has 0 aliphatic heterocycles. The highest BCUT2D eigenvalue weighted by atomic mass is 127. The lowest BCUT2D eigenvalue weighted by Crippen LogP contribution is -1.85. The van der Waals surface area contributed by atoms with E-state index in [-0.39, 0.29) is 11.6 Å². The van der Waals surface area contributed by atoms with Crippen molar-refractivity contribution in [2.45, 2.75) is 0 Å². The van der Waals surface area contributed by atoms with Crippen LogP contribution in [0, 0.1) is 15.2 Å². The van der Waals surface area contributed by atoms with Gasteiger partial charge in [0.05, 0.1) is 0 Å². The van der Waals surface area contributed by atoms with Gasteiger partial charge in [0, 0.05) is 3.57 Å². The van der Waals surface area contributed by atoms with Gasteiger partial charge in [0.2, 0.25) is 0 Å². The van der Waals surface area contributed by atoms with Gasteiger partial charge in [0.15, 0.2) is 0 Å². The lowest BCUT2D eigenvalue weighted by Gasteiger charge is -2.04. The molecule has 76 valence electrons. The second-order valence-electron chi connectivity index (χ2n) is 3.13. The molecular formula is C12H7F2I. The Bertz CT molecular complexity index is 477. The van der Waals surface area contributed by atoms with E-state index in [9.17, 15) is 8.78 Å². The maximum absolute atomic E-state index is 12.9. The Balaban J connectivity index is 2.49. The fraction of sp³-hybridized carbons (Fsp3) is 0. The van der Waals surface area contributed by atoms with Crippen LogP contribution in [0.15, 0.2) is 42.5 Å². The van der Waals surface area contributed by atoms with Crippen LogP contribution >= 0.6 is 22.6 Å². The van der Waals surface area contributed by atoms with Crippen molar-refractivity contribution < 1.29 is 8.78 Å². The second kappa shape index (κ2) is 4.26. The van der Waals surface area contributed by atoms with Crippen LogP contribution in [0.25, 0.3) is 11.1 Å². The van der Waals surface area contributed by atoms with E-state index in [0.29, 0.717) is 0 Å². The molecule has 0 atom stereocenters. The standard InChI is InChI=1S/C12H7F2I/c13-9-3-1-8(2-4-9)11-6-5-10(14)7-12(11)15/h1-7H. The Morgan fingerprint density at radius 3 is 2.00 bits per heavy atom. The molecule has 0 N–H and O–H groups in total. The van der Waals surface area contributed by atoms with Gasteiger partial charge in [-0.3, -0.25) is 0 Å². The summed E-state index contributed by atoms with van der Waals surface area (Å²) in [5.74, 6) is -0.527. The highest BCUT2D eigenvalue weighted by Crippen LogP contribution is 2.25. The van der Waals surface area contributed by atoms with Gasteiger partial charge in [-0.15, -0.1) is 0 Å². The zero-order valence-corrected chi connectivity index (χ0v) is 9.83. The molecule has 15 heavy (non-hydrogen) atoms. The van der Waals surface area contributed by atoms with Gasteiger partial charge in [0.25, 0.3) is 0 Å². The fourth-order valence-corrected chi connectivity index (χ4v) is 2.14. The van der Waals surface area contributed by atoms with Gasteiger partial charge < -0.3 is 0 Å². The minimum absolute atomic E-state index is 0.259. The zero-order chi connectivity index (χ0) is 10.8. The van der Waals surface area contributed by atoms with Crippen molar-refractivity contribution in [1.29, 1.82) is 0 Å². The average Bonchev–Trinajstić information content (AvgIpc) is 2.20. The lowest BCUT2D eigenvalue weighted by atomic mass is 10.1. The molecule has 0 bridgehead atoms. The summed E-state index contributed by atoms with van der Waals surface area (Å²) >= 11 is 2.06. The summed E-state index contributed by atoms with van der Waals surface area (Å²) in [6.45, 7) is 0. The second-order valence-corrected chi connectivity index (χ2v) is 4.29. The van der Waals surface area contributed by atoms with Crippen molar-refractivity contribution in [2.24, 2.45) is 0 Å². The van der Waals surface area contributed by atoms with E-state index >= 15 is 0 Å². The molecule has 2 rings (SSSR count). The molecule has 0 fully saturated rings. The third-order valence-corrected chi connectivity index (χ3v) is 2.98. The molecule has 0 saturated carbocycles. The van der Waals surface area contributed by atoms with Gasteiger partial charge in [-0.25, -0.2) is 8.78 Å². The van der Waals surface area contributed by atoms with Crippen LogP contribution in [0.3, 0.4) is 0 Å². The first-order chi connectivity index (χ1) is 7.16. The summed E-state index contributed by atoms with van der Waals surface area (Å²) in [5, 5.41) is 0. The quantitative estimate of drug-likeness (QED) is 0.691. The van der Waals surface area contributed by atoms with E-state index in [4.69, 9.17) is 0 Å². The van der Waals surface area contributed by atoms with Crippen LogP contribution in [0.4, 0.5) is 8.78 Å². The van der Waals surface area contributed by atoms with Gasteiger partial charge in [0.1, 0.15) is 11.6 Å². The molecule has 0 spiro atoms. The number of rotatable bonds is 1. The van der Waals surface area contributed by atoms with Gasteiger partial charge in [-0.2, -0.15) is 0 Å². The van der Waals surface area contributed by atoms with E-state index in [1.807, 2.05) is 0 Å². The summed E-state index contributed by atoms with van der Waals surface area (Å²) in [4.78, 5) is 0. The normalized spacial score (nSPS) is 10.3. The maximum atomic E-state index is 12.9. The lowest BCUT2D eigenvalue weighted by molar-refractivity contribution is 0.626. The molecule has 0 heterocycles. The predicted molar refractivity (Wildman–Crippen MR) is 64.5 cm³/mol. The van der Waals surface area contributed by atoms with Crippen LogP contribution in [0.5, 0.6) is 0 Å².